The summed E-state index contributed by atoms with van der Waals surface area (Å²) in [5.41, 5.74) is 1.33. The van der Waals surface area contributed by atoms with Gasteiger partial charge in [0.25, 0.3) is 0 Å². The number of hydrogen-bond acceptors (Lipinski definition) is 2. The lowest BCUT2D eigenvalue weighted by Gasteiger charge is -2.41. The van der Waals surface area contributed by atoms with E-state index >= 15 is 0 Å². The van der Waals surface area contributed by atoms with Crippen LogP contribution < -0.4 is 0 Å². The van der Waals surface area contributed by atoms with E-state index in [-0.39, 0.29) is 6.10 Å². The maximum absolute atomic E-state index is 9.65. The monoisotopic (exact) mass is 205 g/mol. The van der Waals surface area contributed by atoms with Crippen LogP contribution in [0.1, 0.15) is 25.3 Å². The smallest absolute Gasteiger partial charge is 0.0696 e. The third-order valence-corrected chi connectivity index (χ3v) is 3.31. The van der Waals surface area contributed by atoms with E-state index in [1.807, 2.05) is 6.07 Å². The summed E-state index contributed by atoms with van der Waals surface area (Å²) in [5.74, 6) is 0. The van der Waals surface area contributed by atoms with Crippen molar-refractivity contribution in [3.63, 3.8) is 0 Å². The van der Waals surface area contributed by atoms with Gasteiger partial charge in [-0.05, 0) is 24.9 Å². The highest BCUT2D eigenvalue weighted by atomic mass is 16.3. The molecule has 82 valence electrons. The average molecular weight is 205 g/mol. The SMILES string of the molecule is CCN(Cc1ccccc1)[C@@H]1CC[C@H]1O. The highest BCUT2D eigenvalue weighted by molar-refractivity contribution is 5.14. The first-order valence-corrected chi connectivity index (χ1v) is 5.77. The van der Waals surface area contributed by atoms with Gasteiger partial charge >= 0.3 is 0 Å². The Bertz CT molecular complexity index is 299. The topological polar surface area (TPSA) is 23.5 Å². The fourth-order valence-electron chi connectivity index (χ4n) is 2.17. The van der Waals surface area contributed by atoms with Gasteiger partial charge in [0.05, 0.1) is 6.10 Å². The molecule has 2 heteroatoms. The van der Waals surface area contributed by atoms with Crippen molar-refractivity contribution in [2.75, 3.05) is 6.54 Å². The van der Waals surface area contributed by atoms with Crippen molar-refractivity contribution < 1.29 is 5.11 Å². The molecule has 2 atom stereocenters. The molecule has 0 radical (unpaired) electrons. The molecule has 0 amide bonds. The Morgan fingerprint density at radius 2 is 2.00 bits per heavy atom. The van der Waals surface area contributed by atoms with Crippen molar-refractivity contribution in [3.05, 3.63) is 35.9 Å². The van der Waals surface area contributed by atoms with E-state index in [0.717, 1.165) is 25.9 Å². The predicted octanol–water partition coefficient (Wildman–Crippen LogP) is 2.03. The van der Waals surface area contributed by atoms with Gasteiger partial charge in [0.1, 0.15) is 0 Å². The standard InChI is InChI=1S/C13H19NO/c1-2-14(12-8-9-13(12)15)10-11-6-4-3-5-7-11/h3-7,12-13,15H,2,8-10H2,1H3/t12-,13-/m1/s1. The molecule has 0 bridgehead atoms. The van der Waals surface area contributed by atoms with Gasteiger partial charge in [0, 0.05) is 12.6 Å². The zero-order chi connectivity index (χ0) is 10.7. The summed E-state index contributed by atoms with van der Waals surface area (Å²) in [4.78, 5) is 2.36. The molecule has 1 saturated carbocycles. The van der Waals surface area contributed by atoms with E-state index in [9.17, 15) is 5.11 Å². The maximum Gasteiger partial charge on any atom is 0.0696 e. The summed E-state index contributed by atoms with van der Waals surface area (Å²) >= 11 is 0. The van der Waals surface area contributed by atoms with E-state index in [0.29, 0.717) is 6.04 Å². The van der Waals surface area contributed by atoms with Crippen LogP contribution in [-0.4, -0.2) is 28.7 Å². The largest absolute Gasteiger partial charge is 0.391 e. The number of rotatable bonds is 4. The number of nitrogens with zero attached hydrogens (tertiary/aromatic N) is 1. The molecule has 0 aliphatic heterocycles. The van der Waals surface area contributed by atoms with Crippen LogP contribution in [-0.2, 0) is 6.54 Å². The molecule has 1 aromatic carbocycles. The lowest BCUT2D eigenvalue weighted by Crippen LogP contribution is -2.50. The minimum Gasteiger partial charge on any atom is -0.391 e. The molecule has 1 aliphatic carbocycles. The first kappa shape index (κ1) is 10.7. The Morgan fingerprint density at radius 3 is 2.47 bits per heavy atom. The molecule has 0 unspecified atom stereocenters. The molecule has 1 fully saturated rings. The lowest BCUT2D eigenvalue weighted by atomic mass is 9.87. The summed E-state index contributed by atoms with van der Waals surface area (Å²) in [6.45, 7) is 4.13. The number of aliphatic hydroxyl groups excluding tert-OH is 1. The molecule has 2 nitrogen and oxygen atoms in total. The Balaban J connectivity index is 1.96. The van der Waals surface area contributed by atoms with E-state index in [1.54, 1.807) is 0 Å². The van der Waals surface area contributed by atoms with Crippen LogP contribution in [0.2, 0.25) is 0 Å². The highest BCUT2D eigenvalue weighted by Crippen LogP contribution is 2.26. The molecule has 0 spiro atoms. The molecule has 15 heavy (non-hydrogen) atoms. The molecule has 0 aromatic heterocycles. The van der Waals surface area contributed by atoms with Crippen molar-refractivity contribution in [1.29, 1.82) is 0 Å². The van der Waals surface area contributed by atoms with Gasteiger partial charge in [-0.2, -0.15) is 0 Å². The third kappa shape index (κ3) is 2.39. The number of aliphatic hydroxyl groups is 1. The van der Waals surface area contributed by atoms with Crippen molar-refractivity contribution in [2.24, 2.45) is 0 Å². The highest BCUT2D eigenvalue weighted by Gasteiger charge is 2.32. The Morgan fingerprint density at radius 1 is 1.27 bits per heavy atom. The Labute approximate surface area is 91.5 Å². The number of hydrogen-bond donors (Lipinski definition) is 1. The first-order chi connectivity index (χ1) is 7.31. The van der Waals surface area contributed by atoms with E-state index in [4.69, 9.17) is 0 Å². The fraction of sp³-hybridized carbons (Fsp3) is 0.538. The number of benzene rings is 1. The zero-order valence-electron chi connectivity index (χ0n) is 9.26. The third-order valence-electron chi connectivity index (χ3n) is 3.31. The average Bonchev–Trinajstić information content (AvgIpc) is 2.27. The van der Waals surface area contributed by atoms with Crippen LogP contribution in [0.4, 0.5) is 0 Å². The van der Waals surface area contributed by atoms with Crippen LogP contribution in [0, 0.1) is 0 Å². The van der Waals surface area contributed by atoms with Crippen LogP contribution in [0.25, 0.3) is 0 Å². The Kier molecular flexibility index (Phi) is 3.39. The zero-order valence-corrected chi connectivity index (χ0v) is 9.26. The molecule has 1 aliphatic rings. The van der Waals surface area contributed by atoms with Crippen LogP contribution in [0.15, 0.2) is 30.3 Å². The summed E-state index contributed by atoms with van der Waals surface area (Å²) in [7, 11) is 0. The molecular weight excluding hydrogens is 186 g/mol. The van der Waals surface area contributed by atoms with Crippen molar-refractivity contribution in [2.45, 2.75) is 38.5 Å². The van der Waals surface area contributed by atoms with Gasteiger partial charge in [-0.3, -0.25) is 4.90 Å². The van der Waals surface area contributed by atoms with E-state index in [2.05, 4.69) is 36.1 Å². The van der Waals surface area contributed by atoms with Gasteiger partial charge in [-0.1, -0.05) is 37.3 Å². The molecule has 0 saturated heterocycles. The minimum absolute atomic E-state index is 0.103. The number of likely N-dealkylation sites (N-methyl/N-ethyl adjacent to an activating group) is 1. The molecule has 1 aromatic rings. The maximum atomic E-state index is 9.65. The van der Waals surface area contributed by atoms with Crippen LogP contribution in [0.5, 0.6) is 0 Å². The molecule has 2 rings (SSSR count). The molecule has 1 N–H and O–H groups in total. The molecular formula is C13H19NO. The van der Waals surface area contributed by atoms with Crippen LogP contribution in [0.3, 0.4) is 0 Å². The Hall–Kier alpha value is -0.860. The van der Waals surface area contributed by atoms with Crippen molar-refractivity contribution in [3.8, 4) is 0 Å². The quantitative estimate of drug-likeness (QED) is 0.813. The van der Waals surface area contributed by atoms with Gasteiger partial charge < -0.3 is 5.11 Å². The summed E-state index contributed by atoms with van der Waals surface area (Å²) in [6.07, 6.45) is 2.01. The second-order valence-corrected chi connectivity index (χ2v) is 4.26. The second kappa shape index (κ2) is 4.77. The minimum atomic E-state index is -0.103. The predicted molar refractivity (Wildman–Crippen MR) is 61.6 cm³/mol. The summed E-state index contributed by atoms with van der Waals surface area (Å²) in [5, 5.41) is 9.65. The van der Waals surface area contributed by atoms with Gasteiger partial charge in [-0.15, -0.1) is 0 Å². The fourth-order valence-corrected chi connectivity index (χ4v) is 2.17. The van der Waals surface area contributed by atoms with Gasteiger partial charge in [0.2, 0.25) is 0 Å². The summed E-state index contributed by atoms with van der Waals surface area (Å²) in [6, 6.07) is 10.9. The summed E-state index contributed by atoms with van der Waals surface area (Å²) < 4.78 is 0. The van der Waals surface area contributed by atoms with Crippen molar-refractivity contribution in [1.82, 2.24) is 4.90 Å². The van der Waals surface area contributed by atoms with Crippen LogP contribution >= 0.6 is 0 Å². The van der Waals surface area contributed by atoms with Gasteiger partial charge in [0.15, 0.2) is 0 Å². The van der Waals surface area contributed by atoms with Gasteiger partial charge in [-0.25, -0.2) is 0 Å². The second-order valence-electron chi connectivity index (χ2n) is 4.26. The van der Waals surface area contributed by atoms with E-state index < -0.39 is 0 Å². The first-order valence-electron chi connectivity index (χ1n) is 5.77. The van der Waals surface area contributed by atoms with Crippen molar-refractivity contribution >= 4 is 0 Å². The molecule has 0 heterocycles. The lowest BCUT2D eigenvalue weighted by molar-refractivity contribution is -0.0226. The van der Waals surface area contributed by atoms with E-state index in [1.165, 1.54) is 5.56 Å². The normalized spacial score (nSPS) is 25.3.